The Morgan fingerprint density at radius 2 is 1.35 bits per heavy atom. The number of rotatable bonds is 8. The van der Waals surface area contributed by atoms with Gasteiger partial charge in [0.05, 0.1) is 12.7 Å². The standard InChI is InChI=1S/C51H37N3O2S/c1-32-38-19-9-11-25-46(38)57-45(32)24-10-6-14-33-26-29-40-44(30-33)56-43-23-13-21-41(47(40)43)50-52-49(37-28-27-34-15-7-8-18-36(34)31-37)53-51(54-50)42-22-12-20-39(48(42)55-2)35-16-4-3-5-17-35/h3-31,38,46H,1-2H3/b14-6+,24-10-. The average molecular weight is 756 g/mol. The first-order chi connectivity index (χ1) is 28.1. The second-order valence-corrected chi connectivity index (χ2v) is 15.5. The normalized spacial score (nSPS) is 16.5. The van der Waals surface area contributed by atoms with E-state index in [1.54, 1.807) is 7.11 Å². The van der Waals surface area contributed by atoms with Crippen LogP contribution in [0, 0.1) is 5.92 Å². The van der Waals surface area contributed by atoms with Crippen molar-refractivity contribution in [1.82, 2.24) is 15.0 Å². The van der Waals surface area contributed by atoms with Crippen molar-refractivity contribution in [3.05, 3.63) is 186 Å². The zero-order valence-corrected chi connectivity index (χ0v) is 32.3. The van der Waals surface area contributed by atoms with Crippen molar-refractivity contribution in [2.45, 2.75) is 12.2 Å². The number of methoxy groups -OCH3 is 1. The fraction of sp³-hybridized carbons (Fsp3) is 0.0784. The lowest BCUT2D eigenvalue weighted by Crippen LogP contribution is -2.10. The summed E-state index contributed by atoms with van der Waals surface area (Å²) in [6.07, 6.45) is 17.5. The van der Waals surface area contributed by atoms with Crippen molar-refractivity contribution in [1.29, 1.82) is 0 Å². The molecule has 2 aromatic heterocycles. The Morgan fingerprint density at radius 1 is 0.614 bits per heavy atom. The van der Waals surface area contributed by atoms with Gasteiger partial charge in [0, 0.05) is 43.5 Å². The predicted molar refractivity (Wildman–Crippen MR) is 237 cm³/mol. The van der Waals surface area contributed by atoms with E-state index in [0.29, 0.717) is 34.4 Å². The van der Waals surface area contributed by atoms with Crippen molar-refractivity contribution in [2.75, 3.05) is 7.11 Å². The molecule has 1 aliphatic heterocycles. The summed E-state index contributed by atoms with van der Waals surface area (Å²) in [4.78, 5) is 16.8. The number of allylic oxidation sites excluding steroid dienone is 7. The number of aromatic nitrogens is 3. The molecule has 0 saturated heterocycles. The molecule has 2 aliphatic rings. The first-order valence-electron chi connectivity index (χ1n) is 19.1. The summed E-state index contributed by atoms with van der Waals surface area (Å²) in [5.41, 5.74) is 8.63. The summed E-state index contributed by atoms with van der Waals surface area (Å²) in [5, 5.41) is 4.73. The molecule has 6 heteroatoms. The number of furan rings is 1. The molecule has 0 spiro atoms. The maximum absolute atomic E-state index is 6.52. The van der Waals surface area contributed by atoms with Gasteiger partial charge in [0.25, 0.3) is 0 Å². The van der Waals surface area contributed by atoms with E-state index in [1.165, 1.54) is 10.5 Å². The number of para-hydroxylation sites is 1. The molecule has 0 N–H and O–H groups in total. The second-order valence-electron chi connectivity index (χ2n) is 14.3. The van der Waals surface area contributed by atoms with Gasteiger partial charge in [-0.15, -0.1) is 11.8 Å². The monoisotopic (exact) mass is 755 g/mol. The molecule has 10 rings (SSSR count). The molecule has 5 nitrogen and oxygen atoms in total. The van der Waals surface area contributed by atoms with Gasteiger partial charge < -0.3 is 9.15 Å². The number of hydrogen-bond acceptors (Lipinski definition) is 6. The largest absolute Gasteiger partial charge is 0.495 e. The van der Waals surface area contributed by atoms with Crippen molar-refractivity contribution in [2.24, 2.45) is 5.92 Å². The summed E-state index contributed by atoms with van der Waals surface area (Å²) in [7, 11) is 1.70. The smallest absolute Gasteiger partial charge is 0.167 e. The number of thioether (sulfide) groups is 1. The minimum atomic E-state index is 0.493. The van der Waals surface area contributed by atoms with Crippen LogP contribution in [-0.2, 0) is 0 Å². The molecule has 2 atom stereocenters. The summed E-state index contributed by atoms with van der Waals surface area (Å²) < 4.78 is 12.6. The van der Waals surface area contributed by atoms with Crippen LogP contribution >= 0.6 is 11.8 Å². The van der Waals surface area contributed by atoms with Crippen LogP contribution in [0.4, 0.5) is 0 Å². The zero-order valence-electron chi connectivity index (χ0n) is 31.5. The van der Waals surface area contributed by atoms with Gasteiger partial charge in [-0.25, -0.2) is 15.0 Å². The van der Waals surface area contributed by atoms with Crippen LogP contribution in [0.2, 0.25) is 0 Å². The van der Waals surface area contributed by atoms with E-state index >= 15 is 0 Å². The number of hydrogen-bond donors (Lipinski definition) is 0. The Hall–Kier alpha value is -6.76. The lowest BCUT2D eigenvalue weighted by molar-refractivity contribution is 0.418. The van der Waals surface area contributed by atoms with E-state index in [9.17, 15) is 0 Å². The van der Waals surface area contributed by atoms with E-state index in [0.717, 1.165) is 66.1 Å². The fourth-order valence-corrected chi connectivity index (χ4v) is 9.34. The molecule has 2 unspecified atom stereocenters. The van der Waals surface area contributed by atoms with Gasteiger partial charge >= 0.3 is 0 Å². The molecule has 6 aromatic carbocycles. The Labute approximate surface area is 335 Å². The molecule has 274 valence electrons. The predicted octanol–water partition coefficient (Wildman–Crippen LogP) is 13.3. The highest BCUT2D eigenvalue weighted by Gasteiger charge is 2.29. The first kappa shape index (κ1) is 34.7. The maximum atomic E-state index is 6.52. The molecule has 8 aromatic rings. The molecule has 3 heterocycles. The Kier molecular flexibility index (Phi) is 8.96. The third-order valence-corrected chi connectivity index (χ3v) is 12.3. The van der Waals surface area contributed by atoms with Gasteiger partial charge in [0.2, 0.25) is 0 Å². The summed E-state index contributed by atoms with van der Waals surface area (Å²) in [6, 6.07) is 43.4. The third kappa shape index (κ3) is 6.48. The number of ether oxygens (including phenoxy) is 1. The Balaban J connectivity index is 1.07. The third-order valence-electron chi connectivity index (χ3n) is 10.8. The van der Waals surface area contributed by atoms with Crippen molar-refractivity contribution in [3.8, 4) is 51.0 Å². The van der Waals surface area contributed by atoms with Crippen molar-refractivity contribution < 1.29 is 9.15 Å². The van der Waals surface area contributed by atoms with E-state index in [-0.39, 0.29) is 0 Å². The van der Waals surface area contributed by atoms with Gasteiger partial charge in [0.1, 0.15) is 16.9 Å². The topological polar surface area (TPSA) is 61.0 Å². The van der Waals surface area contributed by atoms with Gasteiger partial charge in [-0.05, 0) is 65.2 Å². The number of fused-ring (bicyclic) bond motifs is 5. The summed E-state index contributed by atoms with van der Waals surface area (Å²) >= 11 is 1.94. The Morgan fingerprint density at radius 3 is 2.21 bits per heavy atom. The van der Waals surface area contributed by atoms with E-state index in [4.69, 9.17) is 24.1 Å². The minimum absolute atomic E-state index is 0.493. The molecule has 0 amide bonds. The van der Waals surface area contributed by atoms with Gasteiger partial charge in [0.15, 0.2) is 17.5 Å². The van der Waals surface area contributed by atoms with E-state index in [1.807, 2.05) is 60.3 Å². The maximum Gasteiger partial charge on any atom is 0.167 e. The Bertz CT molecular complexity index is 3010. The molecule has 0 saturated carbocycles. The molecule has 1 aliphatic carbocycles. The number of nitrogens with zero attached hydrogens (tertiary/aromatic N) is 3. The highest BCUT2D eigenvalue weighted by atomic mass is 32.2. The van der Waals surface area contributed by atoms with E-state index < -0.39 is 0 Å². The average Bonchev–Trinajstić information content (AvgIpc) is 3.81. The minimum Gasteiger partial charge on any atom is -0.495 e. The second kappa shape index (κ2) is 14.7. The zero-order chi connectivity index (χ0) is 38.3. The lowest BCUT2D eigenvalue weighted by atomic mass is 9.93. The first-order valence-corrected chi connectivity index (χ1v) is 20.0. The van der Waals surface area contributed by atoms with Crippen LogP contribution in [0.5, 0.6) is 5.75 Å². The van der Waals surface area contributed by atoms with Crippen LogP contribution in [0.15, 0.2) is 185 Å². The van der Waals surface area contributed by atoms with Crippen LogP contribution in [0.3, 0.4) is 0 Å². The SMILES string of the molecule is COc1c(-c2ccccc2)cccc1-c1nc(-c2ccc3ccccc3c2)nc(-c2cccc3oc4cc(/C=C/C=C\C5=C(C)C6C=CC=CC6S5)ccc4c23)n1. The lowest BCUT2D eigenvalue weighted by Gasteiger charge is -2.15. The van der Waals surface area contributed by atoms with Gasteiger partial charge in [-0.3, -0.25) is 0 Å². The van der Waals surface area contributed by atoms with Gasteiger partial charge in [-0.1, -0.05) is 145 Å². The molecule has 0 bridgehead atoms. The van der Waals surface area contributed by atoms with Crippen LogP contribution in [0.1, 0.15) is 12.5 Å². The van der Waals surface area contributed by atoms with Crippen molar-refractivity contribution in [3.63, 3.8) is 0 Å². The van der Waals surface area contributed by atoms with Crippen LogP contribution in [0.25, 0.3) is 84.1 Å². The summed E-state index contributed by atoms with van der Waals surface area (Å²) in [5.74, 6) is 2.85. The molecular formula is C51H37N3O2S. The summed E-state index contributed by atoms with van der Waals surface area (Å²) in [6.45, 7) is 2.25. The molecule has 0 radical (unpaired) electrons. The highest BCUT2D eigenvalue weighted by Crippen LogP contribution is 2.45. The van der Waals surface area contributed by atoms with Crippen molar-refractivity contribution >= 4 is 50.5 Å². The van der Waals surface area contributed by atoms with Crippen LogP contribution < -0.4 is 4.74 Å². The number of benzene rings is 6. The molecule has 57 heavy (non-hydrogen) atoms. The molecular weight excluding hydrogens is 719 g/mol. The fourth-order valence-electron chi connectivity index (χ4n) is 7.96. The van der Waals surface area contributed by atoms with E-state index in [2.05, 4.69) is 134 Å². The van der Waals surface area contributed by atoms with Crippen LogP contribution in [-0.4, -0.2) is 27.3 Å². The van der Waals surface area contributed by atoms with Gasteiger partial charge in [-0.2, -0.15) is 0 Å². The highest BCUT2D eigenvalue weighted by molar-refractivity contribution is 8.04. The quantitative estimate of drug-likeness (QED) is 0.144. The molecule has 0 fully saturated rings.